The molecule has 1 atom stereocenters. The molecule has 2 aliphatic heterocycles. The molecule has 35 heavy (non-hydrogen) atoms. The number of aromatic hydroxyl groups is 1. The zero-order chi connectivity index (χ0) is 25.3. The van der Waals surface area contributed by atoms with Crippen molar-refractivity contribution in [2.45, 2.75) is 51.2 Å². The summed E-state index contributed by atoms with van der Waals surface area (Å²) in [6.07, 6.45) is 2.60. The molecule has 2 aromatic rings. The van der Waals surface area contributed by atoms with Crippen molar-refractivity contribution in [1.29, 1.82) is 0 Å². The van der Waals surface area contributed by atoms with Crippen molar-refractivity contribution >= 4 is 17.7 Å². The maximum Gasteiger partial charge on any atom is 0.312 e. The number of nitrogens with one attached hydrogen (secondary N) is 1. The van der Waals surface area contributed by atoms with E-state index in [0.29, 0.717) is 43.2 Å². The van der Waals surface area contributed by atoms with E-state index in [4.69, 9.17) is 0 Å². The highest BCUT2D eigenvalue weighted by Gasteiger charge is 2.34. The Balaban J connectivity index is 1.82. The Kier molecular flexibility index (Phi) is 6.86. The van der Waals surface area contributed by atoms with E-state index < -0.39 is 46.6 Å². The number of carbonyl (C=O) groups is 3. The van der Waals surface area contributed by atoms with Crippen LogP contribution in [0.5, 0.6) is 5.75 Å². The first-order chi connectivity index (χ1) is 16.7. The number of hydrogen-bond acceptors (Lipinski definition) is 6. The van der Waals surface area contributed by atoms with E-state index in [2.05, 4.69) is 10.3 Å². The van der Waals surface area contributed by atoms with Gasteiger partial charge in [0.25, 0.3) is 11.5 Å². The Morgan fingerprint density at radius 2 is 1.80 bits per heavy atom. The van der Waals surface area contributed by atoms with Crippen LogP contribution >= 0.6 is 0 Å². The molecule has 11 heteroatoms. The van der Waals surface area contributed by atoms with Crippen LogP contribution in [-0.2, 0) is 29.1 Å². The number of carbonyl (C=O) groups excluding carboxylic acids is 3. The maximum atomic E-state index is 13.9. The molecule has 0 spiro atoms. The molecule has 1 unspecified atom stereocenters. The van der Waals surface area contributed by atoms with Crippen LogP contribution in [0.4, 0.5) is 4.39 Å². The second kappa shape index (κ2) is 9.85. The Morgan fingerprint density at radius 3 is 2.57 bits per heavy atom. The third kappa shape index (κ3) is 4.75. The molecule has 2 bridgehead atoms. The van der Waals surface area contributed by atoms with Crippen LogP contribution in [0.15, 0.2) is 23.0 Å². The van der Waals surface area contributed by atoms with Gasteiger partial charge in [-0.15, -0.1) is 0 Å². The minimum absolute atomic E-state index is 0.0323. The van der Waals surface area contributed by atoms with E-state index in [9.17, 15) is 28.7 Å². The summed E-state index contributed by atoms with van der Waals surface area (Å²) in [5, 5.41) is 13.2. The second-order valence-corrected chi connectivity index (χ2v) is 8.98. The summed E-state index contributed by atoms with van der Waals surface area (Å²) >= 11 is 0. The normalized spacial score (nSPS) is 19.7. The average molecular weight is 486 g/mol. The Hall–Kier alpha value is -3.76. The number of halogens is 1. The molecule has 0 saturated heterocycles. The van der Waals surface area contributed by atoms with Crippen LogP contribution in [0.3, 0.4) is 0 Å². The first-order valence-corrected chi connectivity index (χ1v) is 11.6. The predicted octanol–water partition coefficient (Wildman–Crippen LogP) is 1.11. The number of aryl methyl sites for hydroxylation is 1. The molecule has 0 fully saturated rings. The third-order valence-corrected chi connectivity index (χ3v) is 6.66. The van der Waals surface area contributed by atoms with Gasteiger partial charge in [0, 0.05) is 33.7 Å². The van der Waals surface area contributed by atoms with Gasteiger partial charge in [-0.1, -0.05) is 6.07 Å². The van der Waals surface area contributed by atoms with Gasteiger partial charge >= 0.3 is 11.8 Å². The first kappa shape index (κ1) is 24.4. The van der Waals surface area contributed by atoms with Crippen LogP contribution in [0, 0.1) is 5.82 Å². The molecular formula is C24H28FN5O5. The summed E-state index contributed by atoms with van der Waals surface area (Å²) in [5.41, 5.74) is 0.0644. The number of hydrogen-bond donors (Lipinski definition) is 2. The second-order valence-electron chi connectivity index (χ2n) is 8.98. The number of fused-ring (bicyclic) bond motifs is 2. The molecule has 4 rings (SSSR count). The van der Waals surface area contributed by atoms with Gasteiger partial charge in [-0.25, -0.2) is 9.37 Å². The molecular weight excluding hydrogens is 457 g/mol. The van der Waals surface area contributed by atoms with Crippen molar-refractivity contribution < 1.29 is 23.9 Å². The molecule has 0 radical (unpaired) electrons. The Labute approximate surface area is 201 Å². The first-order valence-electron chi connectivity index (χ1n) is 11.6. The molecule has 3 amide bonds. The molecule has 2 N–H and O–H groups in total. The lowest BCUT2D eigenvalue weighted by Gasteiger charge is -2.29. The largest absolute Gasteiger partial charge is 0.501 e. The quantitative estimate of drug-likeness (QED) is 0.539. The zero-order valence-corrected chi connectivity index (χ0v) is 19.7. The molecule has 1 aromatic carbocycles. The van der Waals surface area contributed by atoms with Crippen LogP contribution in [-0.4, -0.2) is 62.8 Å². The molecule has 186 valence electrons. The van der Waals surface area contributed by atoms with Gasteiger partial charge in [-0.3, -0.25) is 23.7 Å². The van der Waals surface area contributed by atoms with E-state index in [1.165, 1.54) is 40.6 Å². The van der Waals surface area contributed by atoms with Gasteiger partial charge in [-0.05, 0) is 55.4 Å². The summed E-state index contributed by atoms with van der Waals surface area (Å²) in [6.45, 7) is 0.574. The average Bonchev–Trinajstić information content (AvgIpc) is 3.06. The lowest BCUT2D eigenvalue weighted by atomic mass is 10.0. The van der Waals surface area contributed by atoms with Crippen molar-refractivity contribution in [3.05, 3.63) is 57.0 Å². The van der Waals surface area contributed by atoms with Crippen LogP contribution in [0.25, 0.3) is 0 Å². The molecule has 3 heterocycles. The van der Waals surface area contributed by atoms with Gasteiger partial charge in [0.15, 0.2) is 5.69 Å². The van der Waals surface area contributed by atoms with Gasteiger partial charge in [0.1, 0.15) is 11.6 Å². The smallest absolute Gasteiger partial charge is 0.312 e. The topological polar surface area (TPSA) is 125 Å². The van der Waals surface area contributed by atoms with Crippen molar-refractivity contribution in [2.75, 3.05) is 20.6 Å². The van der Waals surface area contributed by atoms with Gasteiger partial charge < -0.3 is 20.2 Å². The fraction of sp³-hybridized carbons (Fsp3) is 0.458. The monoisotopic (exact) mass is 485 g/mol. The van der Waals surface area contributed by atoms with E-state index in [1.807, 2.05) is 0 Å². The number of amides is 3. The number of nitrogens with zero attached hydrogens (tertiary/aromatic N) is 4. The number of rotatable bonds is 0. The minimum atomic E-state index is -0.780. The molecule has 0 aliphatic carbocycles. The van der Waals surface area contributed by atoms with Gasteiger partial charge in [-0.2, -0.15) is 0 Å². The molecule has 2 aliphatic rings. The van der Waals surface area contributed by atoms with Crippen molar-refractivity contribution in [3.63, 3.8) is 0 Å². The van der Waals surface area contributed by atoms with Crippen molar-refractivity contribution in [2.24, 2.45) is 0 Å². The highest BCUT2D eigenvalue weighted by molar-refractivity contribution is 6.34. The summed E-state index contributed by atoms with van der Waals surface area (Å²) in [5.74, 6) is -3.31. The highest BCUT2D eigenvalue weighted by atomic mass is 19.1. The Bertz CT molecular complexity index is 1240. The van der Waals surface area contributed by atoms with E-state index in [0.717, 1.165) is 0 Å². The number of likely N-dealkylation sites (N-methyl/N-ethyl adjacent to an activating group) is 2. The number of aromatic nitrogens is 2. The molecule has 1 aromatic heterocycles. The summed E-state index contributed by atoms with van der Waals surface area (Å²) in [7, 11) is 3.00. The van der Waals surface area contributed by atoms with Crippen molar-refractivity contribution in [3.8, 4) is 5.75 Å². The molecule has 10 nitrogen and oxygen atoms in total. The van der Waals surface area contributed by atoms with E-state index in [1.54, 1.807) is 6.07 Å². The van der Waals surface area contributed by atoms with E-state index in [-0.39, 0.29) is 25.5 Å². The van der Waals surface area contributed by atoms with Gasteiger partial charge in [0.05, 0.1) is 6.04 Å². The Morgan fingerprint density at radius 1 is 1.03 bits per heavy atom. The van der Waals surface area contributed by atoms with Crippen LogP contribution in [0.1, 0.15) is 59.2 Å². The number of benzene rings is 1. The summed E-state index contributed by atoms with van der Waals surface area (Å²) in [4.78, 5) is 58.8. The molecule has 0 saturated carbocycles. The SMILES string of the molecule is CN1CCCc2cc(F)ccc2CNC(=O)c2nc3n(c(=O)c2O)CCCCC3N(C)C(=O)C1=O. The van der Waals surface area contributed by atoms with Crippen LogP contribution in [0.2, 0.25) is 0 Å². The van der Waals surface area contributed by atoms with E-state index >= 15 is 0 Å². The standard InChI is InChI=1S/C24H28FN5O5/c1-28-10-5-6-14-12-16(25)9-8-15(14)13-26-21(32)18-19(31)22(33)30-11-4-3-7-17(20(30)27-18)29(2)24(35)23(28)34/h8-9,12,17,31H,3-7,10-11,13H2,1-2H3,(H,26,32). The van der Waals surface area contributed by atoms with Crippen LogP contribution < -0.4 is 10.9 Å². The fourth-order valence-electron chi connectivity index (χ4n) is 4.62. The van der Waals surface area contributed by atoms with Gasteiger partial charge in [0.2, 0.25) is 5.75 Å². The fourth-order valence-corrected chi connectivity index (χ4v) is 4.62. The third-order valence-electron chi connectivity index (χ3n) is 6.66. The minimum Gasteiger partial charge on any atom is -0.501 e. The maximum absolute atomic E-state index is 13.9. The summed E-state index contributed by atoms with van der Waals surface area (Å²) in [6, 6.07) is 3.47. The highest BCUT2D eigenvalue weighted by Crippen LogP contribution is 2.29. The van der Waals surface area contributed by atoms with Crippen molar-refractivity contribution in [1.82, 2.24) is 24.7 Å². The lowest BCUT2D eigenvalue weighted by Crippen LogP contribution is -2.45. The lowest BCUT2D eigenvalue weighted by molar-refractivity contribution is -0.151. The predicted molar refractivity (Wildman–Crippen MR) is 123 cm³/mol. The summed E-state index contributed by atoms with van der Waals surface area (Å²) < 4.78 is 15.2. The zero-order valence-electron chi connectivity index (χ0n) is 19.7.